The highest BCUT2D eigenvalue weighted by Gasteiger charge is 2.19. The Morgan fingerprint density at radius 1 is 1.08 bits per heavy atom. The largest absolute Gasteiger partial charge is 0.364 e. The normalized spacial score (nSPS) is 14.4. The predicted molar refractivity (Wildman–Crippen MR) is 101 cm³/mol. The first-order chi connectivity index (χ1) is 12.2. The van der Waals surface area contributed by atoms with E-state index in [1.165, 1.54) is 24.0 Å². The zero-order chi connectivity index (χ0) is 17.2. The van der Waals surface area contributed by atoms with Gasteiger partial charge < -0.3 is 14.8 Å². The van der Waals surface area contributed by atoms with E-state index in [0.29, 0.717) is 0 Å². The van der Waals surface area contributed by atoms with Crippen molar-refractivity contribution in [3.05, 3.63) is 41.7 Å². The highest BCUT2D eigenvalue weighted by molar-refractivity contribution is 5.84. The SMILES string of the molecule is CCn1cnc2c(NCc3ccc(C)cc3)nc(N3CCCC3)nc21. The standard InChI is InChI=1S/C19H24N6/c1-3-24-13-21-16-17(20-12-15-8-6-14(2)7-9-15)22-19(23-18(16)24)25-10-4-5-11-25/h6-9,13H,3-5,10-12H2,1-2H3,(H,20,22,23). The average molecular weight is 336 g/mol. The molecule has 0 aliphatic carbocycles. The van der Waals surface area contributed by atoms with Crippen molar-refractivity contribution in [3.63, 3.8) is 0 Å². The van der Waals surface area contributed by atoms with Crippen LogP contribution in [0.5, 0.6) is 0 Å². The Hall–Kier alpha value is -2.63. The zero-order valence-electron chi connectivity index (χ0n) is 14.9. The second-order valence-corrected chi connectivity index (χ2v) is 6.61. The van der Waals surface area contributed by atoms with E-state index >= 15 is 0 Å². The van der Waals surface area contributed by atoms with E-state index in [2.05, 4.69) is 57.9 Å². The van der Waals surface area contributed by atoms with Crippen LogP contribution in [0.25, 0.3) is 11.2 Å². The predicted octanol–water partition coefficient (Wildman–Crippen LogP) is 3.37. The van der Waals surface area contributed by atoms with Crippen molar-refractivity contribution < 1.29 is 0 Å². The quantitative estimate of drug-likeness (QED) is 0.774. The first kappa shape index (κ1) is 15.9. The summed E-state index contributed by atoms with van der Waals surface area (Å²) in [4.78, 5) is 16.4. The van der Waals surface area contributed by atoms with Crippen molar-refractivity contribution in [2.24, 2.45) is 0 Å². The molecule has 0 bridgehead atoms. The summed E-state index contributed by atoms with van der Waals surface area (Å²) >= 11 is 0. The van der Waals surface area contributed by atoms with Crippen LogP contribution in [0, 0.1) is 6.92 Å². The number of anilines is 2. The maximum absolute atomic E-state index is 4.79. The first-order valence-electron chi connectivity index (χ1n) is 9.02. The van der Waals surface area contributed by atoms with Gasteiger partial charge in [0.15, 0.2) is 17.0 Å². The molecule has 0 atom stereocenters. The molecule has 3 heterocycles. The number of hydrogen-bond donors (Lipinski definition) is 1. The molecule has 0 spiro atoms. The number of benzene rings is 1. The molecule has 4 rings (SSSR count). The van der Waals surface area contributed by atoms with Crippen LogP contribution in [-0.2, 0) is 13.1 Å². The number of hydrogen-bond acceptors (Lipinski definition) is 5. The summed E-state index contributed by atoms with van der Waals surface area (Å²) in [6, 6.07) is 8.56. The van der Waals surface area contributed by atoms with Gasteiger partial charge in [0.1, 0.15) is 0 Å². The van der Waals surface area contributed by atoms with Gasteiger partial charge in [-0.25, -0.2) is 4.98 Å². The van der Waals surface area contributed by atoms with Gasteiger partial charge in [0.25, 0.3) is 0 Å². The summed E-state index contributed by atoms with van der Waals surface area (Å²) in [6.45, 7) is 7.85. The van der Waals surface area contributed by atoms with Crippen molar-refractivity contribution in [2.45, 2.75) is 39.8 Å². The van der Waals surface area contributed by atoms with Gasteiger partial charge >= 0.3 is 0 Å². The number of imidazole rings is 1. The molecule has 3 aromatic rings. The summed E-state index contributed by atoms with van der Waals surface area (Å²) in [5.41, 5.74) is 4.25. The van der Waals surface area contributed by atoms with Gasteiger partial charge in [-0.2, -0.15) is 9.97 Å². The molecule has 1 N–H and O–H groups in total. The molecule has 1 aliphatic heterocycles. The van der Waals surface area contributed by atoms with E-state index in [1.54, 1.807) is 0 Å². The molecular weight excluding hydrogens is 312 g/mol. The third-order valence-corrected chi connectivity index (χ3v) is 4.76. The molecule has 6 heteroatoms. The number of aryl methyl sites for hydroxylation is 2. The van der Waals surface area contributed by atoms with Gasteiger partial charge in [-0.3, -0.25) is 0 Å². The molecule has 1 saturated heterocycles. The third-order valence-electron chi connectivity index (χ3n) is 4.76. The Morgan fingerprint density at radius 2 is 1.84 bits per heavy atom. The van der Waals surface area contributed by atoms with Gasteiger partial charge in [-0.15, -0.1) is 0 Å². The lowest BCUT2D eigenvalue weighted by Gasteiger charge is -2.17. The molecular formula is C19H24N6. The lowest BCUT2D eigenvalue weighted by molar-refractivity contribution is 0.774. The number of nitrogens with one attached hydrogen (secondary N) is 1. The fraction of sp³-hybridized carbons (Fsp3) is 0.421. The van der Waals surface area contributed by atoms with Crippen LogP contribution >= 0.6 is 0 Å². The van der Waals surface area contributed by atoms with E-state index in [-0.39, 0.29) is 0 Å². The minimum atomic E-state index is 0.727. The van der Waals surface area contributed by atoms with Crippen LogP contribution < -0.4 is 10.2 Å². The Labute approximate surface area is 147 Å². The summed E-state index contributed by atoms with van der Waals surface area (Å²) in [7, 11) is 0. The highest BCUT2D eigenvalue weighted by Crippen LogP contribution is 2.25. The van der Waals surface area contributed by atoms with E-state index < -0.39 is 0 Å². The molecule has 6 nitrogen and oxygen atoms in total. The molecule has 130 valence electrons. The van der Waals surface area contributed by atoms with Gasteiger partial charge in [0, 0.05) is 26.2 Å². The molecule has 1 fully saturated rings. The Balaban J connectivity index is 1.67. The van der Waals surface area contributed by atoms with Gasteiger partial charge in [-0.1, -0.05) is 29.8 Å². The maximum Gasteiger partial charge on any atom is 0.229 e. The zero-order valence-corrected chi connectivity index (χ0v) is 14.9. The summed E-state index contributed by atoms with van der Waals surface area (Å²) < 4.78 is 2.08. The Bertz CT molecular complexity index is 862. The van der Waals surface area contributed by atoms with Gasteiger partial charge in [-0.05, 0) is 32.3 Å². The van der Waals surface area contributed by atoms with Crippen molar-refractivity contribution >= 4 is 22.9 Å². The van der Waals surface area contributed by atoms with Crippen LogP contribution in [-0.4, -0.2) is 32.6 Å². The number of fused-ring (bicyclic) bond motifs is 1. The van der Waals surface area contributed by atoms with Crippen LogP contribution in [0.4, 0.5) is 11.8 Å². The third kappa shape index (κ3) is 3.16. The fourth-order valence-corrected chi connectivity index (χ4v) is 3.24. The molecule has 25 heavy (non-hydrogen) atoms. The molecule has 0 amide bonds. The molecule has 1 aromatic carbocycles. The smallest absolute Gasteiger partial charge is 0.229 e. The van der Waals surface area contributed by atoms with Crippen molar-refractivity contribution in [2.75, 3.05) is 23.3 Å². The first-order valence-corrected chi connectivity index (χ1v) is 9.02. The number of nitrogens with zero attached hydrogens (tertiary/aromatic N) is 5. The lowest BCUT2D eigenvalue weighted by Crippen LogP contribution is -2.21. The summed E-state index contributed by atoms with van der Waals surface area (Å²) in [6.07, 6.45) is 4.27. The molecule has 1 aliphatic rings. The molecule has 0 radical (unpaired) electrons. The highest BCUT2D eigenvalue weighted by atomic mass is 15.3. The number of rotatable bonds is 5. The minimum Gasteiger partial charge on any atom is -0.364 e. The lowest BCUT2D eigenvalue weighted by atomic mass is 10.1. The van der Waals surface area contributed by atoms with Crippen LogP contribution in [0.1, 0.15) is 30.9 Å². The average Bonchev–Trinajstić information content (AvgIpc) is 3.30. The van der Waals surface area contributed by atoms with E-state index in [0.717, 1.165) is 49.1 Å². The van der Waals surface area contributed by atoms with E-state index in [9.17, 15) is 0 Å². The van der Waals surface area contributed by atoms with Gasteiger partial charge in [0.2, 0.25) is 5.95 Å². The van der Waals surface area contributed by atoms with Crippen molar-refractivity contribution in [1.82, 2.24) is 19.5 Å². The summed E-state index contributed by atoms with van der Waals surface area (Å²) in [5, 5.41) is 3.47. The Kier molecular flexibility index (Phi) is 4.26. The topological polar surface area (TPSA) is 58.9 Å². The second-order valence-electron chi connectivity index (χ2n) is 6.61. The maximum atomic E-state index is 4.79. The van der Waals surface area contributed by atoms with E-state index in [1.807, 2.05) is 6.33 Å². The van der Waals surface area contributed by atoms with Crippen molar-refractivity contribution in [3.8, 4) is 0 Å². The van der Waals surface area contributed by atoms with Crippen LogP contribution in [0.3, 0.4) is 0 Å². The minimum absolute atomic E-state index is 0.727. The van der Waals surface area contributed by atoms with E-state index in [4.69, 9.17) is 9.97 Å². The Morgan fingerprint density at radius 3 is 2.56 bits per heavy atom. The van der Waals surface area contributed by atoms with Crippen LogP contribution in [0.15, 0.2) is 30.6 Å². The monoisotopic (exact) mass is 336 g/mol. The number of aromatic nitrogens is 4. The van der Waals surface area contributed by atoms with Gasteiger partial charge in [0.05, 0.1) is 6.33 Å². The summed E-state index contributed by atoms with van der Waals surface area (Å²) in [5.74, 6) is 1.63. The van der Waals surface area contributed by atoms with Crippen LogP contribution in [0.2, 0.25) is 0 Å². The molecule has 2 aromatic heterocycles. The molecule has 0 saturated carbocycles. The fourth-order valence-electron chi connectivity index (χ4n) is 3.24. The molecule has 0 unspecified atom stereocenters. The second kappa shape index (κ2) is 6.70. The van der Waals surface area contributed by atoms with Crippen molar-refractivity contribution in [1.29, 1.82) is 0 Å².